The van der Waals surface area contributed by atoms with Gasteiger partial charge in [0.05, 0.1) is 6.61 Å². The average Bonchev–Trinajstić information content (AvgIpc) is 2.69. The second-order valence-corrected chi connectivity index (χ2v) is 8.12. The molecule has 1 aromatic rings. The molecule has 1 aromatic carbocycles. The Kier molecular flexibility index (Phi) is 7.69. The molecule has 0 aliphatic heterocycles. The Morgan fingerprint density at radius 1 is 0.926 bits per heavy atom. The van der Waals surface area contributed by atoms with Gasteiger partial charge in [0.2, 0.25) is 0 Å². The molecule has 2 nitrogen and oxygen atoms in total. The Balaban J connectivity index is 1.43. The van der Waals surface area contributed by atoms with Crippen LogP contribution in [-0.2, 0) is 4.74 Å². The molecule has 0 atom stereocenters. The number of benzene rings is 1. The summed E-state index contributed by atoms with van der Waals surface area (Å²) in [4.78, 5) is 0. The van der Waals surface area contributed by atoms with E-state index in [1.54, 1.807) is 19.2 Å². The van der Waals surface area contributed by atoms with E-state index < -0.39 is 6.61 Å². The minimum Gasteiger partial charge on any atom is -0.435 e. The molecule has 4 heteroatoms. The zero-order valence-corrected chi connectivity index (χ0v) is 16.3. The summed E-state index contributed by atoms with van der Waals surface area (Å²) < 4.78 is 34.1. The molecule has 0 radical (unpaired) electrons. The molecule has 2 aliphatic carbocycles. The van der Waals surface area contributed by atoms with E-state index in [0.29, 0.717) is 5.92 Å². The first kappa shape index (κ1) is 20.3. The summed E-state index contributed by atoms with van der Waals surface area (Å²) >= 11 is 0. The number of hydrogen-bond donors (Lipinski definition) is 0. The van der Waals surface area contributed by atoms with Gasteiger partial charge in [-0.3, -0.25) is 0 Å². The third kappa shape index (κ3) is 6.03. The molecule has 2 saturated carbocycles. The van der Waals surface area contributed by atoms with E-state index in [9.17, 15) is 8.78 Å². The van der Waals surface area contributed by atoms with Crippen LogP contribution in [0.3, 0.4) is 0 Å². The van der Waals surface area contributed by atoms with Gasteiger partial charge in [-0.1, -0.05) is 24.3 Å². The van der Waals surface area contributed by atoms with E-state index in [2.05, 4.69) is 16.9 Å². The zero-order chi connectivity index (χ0) is 19.1. The predicted octanol–water partition coefficient (Wildman–Crippen LogP) is 6.57. The van der Waals surface area contributed by atoms with Crippen LogP contribution < -0.4 is 4.74 Å². The summed E-state index contributed by atoms with van der Waals surface area (Å²) in [5.41, 5.74) is 1.27. The summed E-state index contributed by atoms with van der Waals surface area (Å²) in [7, 11) is 1.74. The highest BCUT2D eigenvalue weighted by atomic mass is 19.3. The molecule has 2 fully saturated rings. The molecule has 0 saturated heterocycles. The van der Waals surface area contributed by atoms with Crippen molar-refractivity contribution in [3.63, 3.8) is 0 Å². The SMILES string of the molecule is COC/C=C/[C@H]1CC[C@H](C2CCC(c3ccc(OC(F)F)cc3)CC2)CC1. The van der Waals surface area contributed by atoms with Crippen LogP contribution in [0.1, 0.15) is 62.8 Å². The molecule has 0 amide bonds. The third-order valence-electron chi connectivity index (χ3n) is 6.50. The lowest BCUT2D eigenvalue weighted by Crippen LogP contribution is -2.25. The number of allylic oxidation sites excluding steroid dienone is 1. The Morgan fingerprint density at radius 3 is 2.07 bits per heavy atom. The lowest BCUT2D eigenvalue weighted by molar-refractivity contribution is -0.0498. The van der Waals surface area contributed by atoms with Crippen molar-refractivity contribution in [2.75, 3.05) is 13.7 Å². The van der Waals surface area contributed by atoms with Gasteiger partial charge < -0.3 is 9.47 Å². The summed E-state index contributed by atoms with van der Waals surface area (Å²) in [6.07, 6.45) is 14.9. The second kappa shape index (κ2) is 10.2. The maximum Gasteiger partial charge on any atom is 0.387 e. The van der Waals surface area contributed by atoms with Gasteiger partial charge in [-0.2, -0.15) is 8.78 Å². The molecule has 0 spiro atoms. The van der Waals surface area contributed by atoms with E-state index in [1.807, 2.05) is 12.1 Å². The van der Waals surface area contributed by atoms with Crippen molar-refractivity contribution in [1.29, 1.82) is 0 Å². The number of halogens is 2. The minimum atomic E-state index is -2.75. The van der Waals surface area contributed by atoms with Gasteiger partial charge in [-0.05, 0) is 92.7 Å². The van der Waals surface area contributed by atoms with E-state index >= 15 is 0 Å². The number of hydrogen-bond acceptors (Lipinski definition) is 2. The van der Waals surface area contributed by atoms with Gasteiger partial charge in [0.1, 0.15) is 5.75 Å². The van der Waals surface area contributed by atoms with Crippen LogP contribution in [0.15, 0.2) is 36.4 Å². The first-order valence-electron chi connectivity index (χ1n) is 10.4. The van der Waals surface area contributed by atoms with E-state index in [4.69, 9.17) is 4.74 Å². The zero-order valence-electron chi connectivity index (χ0n) is 16.3. The lowest BCUT2D eigenvalue weighted by atomic mass is 9.68. The molecule has 3 rings (SSSR count). The fourth-order valence-corrected chi connectivity index (χ4v) is 5.00. The maximum atomic E-state index is 12.3. The van der Waals surface area contributed by atoms with Crippen molar-refractivity contribution in [3.8, 4) is 5.75 Å². The smallest absolute Gasteiger partial charge is 0.387 e. The van der Waals surface area contributed by atoms with E-state index in [0.717, 1.165) is 24.4 Å². The van der Waals surface area contributed by atoms with Crippen LogP contribution in [-0.4, -0.2) is 20.3 Å². The normalized spacial score (nSPS) is 29.3. The highest BCUT2D eigenvalue weighted by Crippen LogP contribution is 2.44. The predicted molar refractivity (Wildman–Crippen MR) is 104 cm³/mol. The van der Waals surface area contributed by atoms with Crippen molar-refractivity contribution in [2.24, 2.45) is 17.8 Å². The first-order chi connectivity index (χ1) is 13.2. The molecular weight excluding hydrogens is 346 g/mol. The second-order valence-electron chi connectivity index (χ2n) is 8.12. The summed E-state index contributed by atoms with van der Waals surface area (Å²) in [6, 6.07) is 7.26. The first-order valence-corrected chi connectivity index (χ1v) is 10.4. The van der Waals surface area contributed by atoms with E-state index in [-0.39, 0.29) is 5.75 Å². The van der Waals surface area contributed by atoms with Crippen molar-refractivity contribution in [1.82, 2.24) is 0 Å². The Labute approximate surface area is 161 Å². The lowest BCUT2D eigenvalue weighted by Gasteiger charge is -2.37. The standard InChI is InChI=1S/C23H32F2O2/c1-26-16-2-3-17-4-6-18(7-5-17)19-8-10-20(11-9-19)21-12-14-22(15-13-21)27-23(24)25/h2-3,12-15,17-20,23H,4-11,16H2,1H3/b3-2+/t17-,18-,19?,20?. The molecule has 150 valence electrons. The molecule has 0 N–H and O–H groups in total. The fraction of sp³-hybridized carbons (Fsp3) is 0.652. The number of ether oxygens (including phenoxy) is 2. The molecule has 2 aliphatic rings. The van der Waals surface area contributed by atoms with Gasteiger partial charge in [0.25, 0.3) is 0 Å². The Bertz CT molecular complexity index is 569. The third-order valence-corrected chi connectivity index (χ3v) is 6.50. The van der Waals surface area contributed by atoms with Gasteiger partial charge in [-0.25, -0.2) is 0 Å². The van der Waals surface area contributed by atoms with Crippen LogP contribution in [0, 0.1) is 17.8 Å². The topological polar surface area (TPSA) is 18.5 Å². The van der Waals surface area contributed by atoms with Gasteiger partial charge in [0.15, 0.2) is 0 Å². The van der Waals surface area contributed by atoms with Crippen LogP contribution in [0.4, 0.5) is 8.78 Å². The highest BCUT2D eigenvalue weighted by molar-refractivity contribution is 5.29. The quantitative estimate of drug-likeness (QED) is 0.500. The Hall–Kier alpha value is -1.42. The minimum absolute atomic E-state index is 0.249. The van der Waals surface area contributed by atoms with Crippen LogP contribution >= 0.6 is 0 Å². The number of methoxy groups -OCH3 is 1. The van der Waals surface area contributed by atoms with Crippen LogP contribution in [0.25, 0.3) is 0 Å². The van der Waals surface area contributed by atoms with E-state index in [1.165, 1.54) is 56.9 Å². The van der Waals surface area contributed by atoms with Crippen molar-refractivity contribution in [2.45, 2.75) is 63.9 Å². The number of rotatable bonds is 7. The van der Waals surface area contributed by atoms with Gasteiger partial charge in [0, 0.05) is 7.11 Å². The van der Waals surface area contributed by atoms with Crippen molar-refractivity contribution >= 4 is 0 Å². The molecule has 0 aromatic heterocycles. The summed E-state index contributed by atoms with van der Waals surface area (Å²) in [6.45, 7) is -2.03. The van der Waals surface area contributed by atoms with Crippen LogP contribution in [0.5, 0.6) is 5.75 Å². The average molecular weight is 379 g/mol. The number of alkyl halides is 2. The summed E-state index contributed by atoms with van der Waals surface area (Å²) in [5, 5.41) is 0. The summed E-state index contributed by atoms with van der Waals surface area (Å²) in [5.74, 6) is 3.31. The van der Waals surface area contributed by atoms with Crippen molar-refractivity contribution < 1.29 is 18.3 Å². The maximum absolute atomic E-state index is 12.3. The fourth-order valence-electron chi connectivity index (χ4n) is 5.00. The molecule has 0 heterocycles. The molecule has 0 bridgehead atoms. The molecule has 0 unspecified atom stereocenters. The highest BCUT2D eigenvalue weighted by Gasteiger charge is 2.30. The van der Waals surface area contributed by atoms with Crippen LogP contribution in [0.2, 0.25) is 0 Å². The molecular formula is C23H32F2O2. The van der Waals surface area contributed by atoms with Crippen molar-refractivity contribution in [3.05, 3.63) is 42.0 Å². The largest absolute Gasteiger partial charge is 0.435 e. The monoisotopic (exact) mass is 378 g/mol. The van der Waals surface area contributed by atoms with Gasteiger partial charge >= 0.3 is 6.61 Å². The molecule has 27 heavy (non-hydrogen) atoms. The van der Waals surface area contributed by atoms with Gasteiger partial charge in [-0.15, -0.1) is 0 Å². The Morgan fingerprint density at radius 2 is 1.52 bits per heavy atom.